The molecule has 0 saturated carbocycles. The number of nitrogens with zero attached hydrogens (tertiary/aromatic N) is 1. The first-order chi connectivity index (χ1) is 17.2. The molecule has 9 heteroatoms. The molecule has 2 aromatic rings. The third kappa shape index (κ3) is 9.13. The molecule has 0 aliphatic carbocycles. The molecule has 0 aromatic heterocycles. The maximum Gasteiger partial charge on any atom is 0.508 e. The summed E-state index contributed by atoms with van der Waals surface area (Å²) in [5, 5.41) is 2.79. The molecule has 0 spiro atoms. The van der Waals surface area contributed by atoms with Crippen molar-refractivity contribution >= 4 is 18.3 Å². The van der Waals surface area contributed by atoms with Gasteiger partial charge in [0.2, 0.25) is 0 Å². The Bertz CT molecular complexity index is 992. The summed E-state index contributed by atoms with van der Waals surface area (Å²) in [5.74, 6) is -0.163. The monoisotopic (exact) mass is 498 g/mol. The van der Waals surface area contributed by atoms with Crippen LogP contribution in [0.1, 0.15) is 38.3 Å². The predicted molar refractivity (Wildman–Crippen MR) is 132 cm³/mol. The number of alkyl carbamates (subject to hydrolysis) is 1. The van der Waals surface area contributed by atoms with E-state index in [2.05, 4.69) is 5.32 Å². The molecule has 36 heavy (non-hydrogen) atoms. The van der Waals surface area contributed by atoms with Gasteiger partial charge in [0.1, 0.15) is 25.4 Å². The fraction of sp³-hybridized carbons (Fsp3) is 0.444. The van der Waals surface area contributed by atoms with E-state index in [1.807, 2.05) is 60.7 Å². The molecular formula is C27H34N2O7. The van der Waals surface area contributed by atoms with Crippen molar-refractivity contribution in [1.82, 2.24) is 10.2 Å². The van der Waals surface area contributed by atoms with Gasteiger partial charge in [0.25, 0.3) is 0 Å². The standard InChI is InChI=1S/C27H34N2O7/c1-27(2,3)36-25(31)29-15-14-22(16-29)23(28-24(30)33-17-20-10-6-4-7-11-20)19-35-26(32)34-18-21-12-8-5-9-13-21/h4-13,22-23H,14-19H2,1-3H3,(H,28,30)/t22-,23?/m1/s1. The lowest BCUT2D eigenvalue weighted by Gasteiger charge is -2.26. The van der Waals surface area contributed by atoms with E-state index in [1.165, 1.54) is 0 Å². The zero-order valence-electron chi connectivity index (χ0n) is 21.0. The van der Waals surface area contributed by atoms with E-state index in [-0.39, 0.29) is 25.7 Å². The normalized spacial score (nSPS) is 16.1. The first-order valence-electron chi connectivity index (χ1n) is 12.0. The van der Waals surface area contributed by atoms with Gasteiger partial charge >= 0.3 is 18.3 Å². The summed E-state index contributed by atoms with van der Waals surface area (Å²) in [6.07, 6.45) is -1.30. The molecule has 2 aromatic carbocycles. The molecule has 9 nitrogen and oxygen atoms in total. The van der Waals surface area contributed by atoms with Crippen LogP contribution in [0.4, 0.5) is 14.4 Å². The maximum absolute atomic E-state index is 12.5. The van der Waals surface area contributed by atoms with Gasteiger partial charge in [-0.3, -0.25) is 0 Å². The smallest absolute Gasteiger partial charge is 0.445 e. The highest BCUT2D eigenvalue weighted by Gasteiger charge is 2.35. The highest BCUT2D eigenvalue weighted by Crippen LogP contribution is 2.23. The molecule has 2 atom stereocenters. The van der Waals surface area contributed by atoms with E-state index in [0.29, 0.717) is 19.5 Å². The van der Waals surface area contributed by atoms with Crippen molar-refractivity contribution in [2.45, 2.75) is 52.0 Å². The first-order valence-corrected chi connectivity index (χ1v) is 12.0. The van der Waals surface area contributed by atoms with E-state index < -0.39 is 30.0 Å². The number of ether oxygens (including phenoxy) is 4. The second-order valence-electron chi connectivity index (χ2n) is 9.62. The fourth-order valence-electron chi connectivity index (χ4n) is 3.74. The van der Waals surface area contributed by atoms with Crippen molar-refractivity contribution in [3.05, 3.63) is 71.8 Å². The van der Waals surface area contributed by atoms with Crippen LogP contribution in [0, 0.1) is 5.92 Å². The zero-order chi connectivity index (χ0) is 26.0. The molecule has 3 rings (SSSR count). The molecule has 1 unspecified atom stereocenters. The molecule has 0 bridgehead atoms. The third-order valence-electron chi connectivity index (χ3n) is 5.54. The van der Waals surface area contributed by atoms with Crippen LogP contribution in [0.25, 0.3) is 0 Å². The van der Waals surface area contributed by atoms with Gasteiger partial charge in [-0.1, -0.05) is 60.7 Å². The number of carbonyl (C=O) groups is 3. The van der Waals surface area contributed by atoms with Gasteiger partial charge in [-0.2, -0.15) is 0 Å². The highest BCUT2D eigenvalue weighted by atomic mass is 16.7. The summed E-state index contributed by atoms with van der Waals surface area (Å²) in [6.45, 7) is 6.29. The van der Waals surface area contributed by atoms with Gasteiger partial charge in [0.05, 0.1) is 6.04 Å². The van der Waals surface area contributed by atoms with Crippen LogP contribution in [-0.2, 0) is 32.2 Å². The molecule has 1 fully saturated rings. The second-order valence-corrected chi connectivity index (χ2v) is 9.62. The van der Waals surface area contributed by atoms with Crippen LogP contribution in [0.3, 0.4) is 0 Å². The topological polar surface area (TPSA) is 103 Å². The molecule has 194 valence electrons. The Balaban J connectivity index is 1.56. The number of rotatable bonds is 8. The van der Waals surface area contributed by atoms with Crippen LogP contribution in [0.15, 0.2) is 60.7 Å². The molecule has 1 aliphatic heterocycles. The Morgan fingerprint density at radius 2 is 1.50 bits per heavy atom. The van der Waals surface area contributed by atoms with Crippen molar-refractivity contribution in [2.24, 2.45) is 5.92 Å². The summed E-state index contributed by atoms with van der Waals surface area (Å²) in [4.78, 5) is 38.8. The van der Waals surface area contributed by atoms with Gasteiger partial charge in [-0.15, -0.1) is 0 Å². The minimum Gasteiger partial charge on any atom is -0.445 e. The van der Waals surface area contributed by atoms with Gasteiger partial charge in [-0.25, -0.2) is 14.4 Å². The van der Waals surface area contributed by atoms with Crippen molar-refractivity contribution in [3.8, 4) is 0 Å². The van der Waals surface area contributed by atoms with Gasteiger partial charge in [0.15, 0.2) is 0 Å². The lowest BCUT2D eigenvalue weighted by atomic mass is 10.00. The van der Waals surface area contributed by atoms with Crippen LogP contribution >= 0.6 is 0 Å². The second kappa shape index (κ2) is 12.8. The summed E-state index contributed by atoms with van der Waals surface area (Å²) in [6, 6.07) is 18.0. The maximum atomic E-state index is 12.5. The lowest BCUT2D eigenvalue weighted by Crippen LogP contribution is -2.45. The molecular weight excluding hydrogens is 464 g/mol. The van der Waals surface area contributed by atoms with E-state index in [4.69, 9.17) is 18.9 Å². The summed E-state index contributed by atoms with van der Waals surface area (Å²) < 4.78 is 21.3. The minimum absolute atomic E-state index is 0.0761. The fourth-order valence-corrected chi connectivity index (χ4v) is 3.74. The van der Waals surface area contributed by atoms with Crippen LogP contribution in [0.2, 0.25) is 0 Å². The zero-order valence-corrected chi connectivity index (χ0v) is 21.0. The number of benzene rings is 2. The Morgan fingerprint density at radius 3 is 2.08 bits per heavy atom. The predicted octanol–water partition coefficient (Wildman–Crippen LogP) is 4.89. The molecule has 0 radical (unpaired) electrons. The number of nitrogens with one attached hydrogen (secondary N) is 1. The number of hydrogen-bond donors (Lipinski definition) is 1. The van der Waals surface area contributed by atoms with Crippen molar-refractivity contribution < 1.29 is 33.3 Å². The van der Waals surface area contributed by atoms with Crippen LogP contribution in [0.5, 0.6) is 0 Å². The van der Waals surface area contributed by atoms with Gasteiger partial charge in [0, 0.05) is 19.0 Å². The van der Waals surface area contributed by atoms with E-state index in [0.717, 1.165) is 11.1 Å². The number of hydrogen-bond acceptors (Lipinski definition) is 7. The summed E-state index contributed by atoms with van der Waals surface area (Å²) in [5.41, 5.74) is 1.07. The van der Waals surface area contributed by atoms with Gasteiger partial charge < -0.3 is 29.2 Å². The lowest BCUT2D eigenvalue weighted by molar-refractivity contribution is 0.0258. The minimum atomic E-state index is -0.842. The first kappa shape index (κ1) is 26.8. The summed E-state index contributed by atoms with van der Waals surface area (Å²) in [7, 11) is 0. The van der Waals surface area contributed by atoms with Crippen LogP contribution in [-0.4, -0.2) is 54.6 Å². The average Bonchev–Trinajstić information content (AvgIpc) is 3.35. The molecule has 1 heterocycles. The quantitative estimate of drug-likeness (QED) is 0.408. The van der Waals surface area contributed by atoms with Gasteiger partial charge in [-0.05, 0) is 38.3 Å². The molecule has 1 aliphatic rings. The number of likely N-dealkylation sites (tertiary alicyclic amines) is 1. The number of amides is 2. The molecule has 1 N–H and O–H groups in total. The van der Waals surface area contributed by atoms with E-state index in [9.17, 15) is 14.4 Å². The van der Waals surface area contributed by atoms with Crippen molar-refractivity contribution in [1.29, 1.82) is 0 Å². The van der Waals surface area contributed by atoms with Crippen LogP contribution < -0.4 is 5.32 Å². The largest absolute Gasteiger partial charge is 0.508 e. The van der Waals surface area contributed by atoms with Crippen molar-refractivity contribution in [2.75, 3.05) is 19.7 Å². The Kier molecular flexibility index (Phi) is 9.55. The SMILES string of the molecule is CC(C)(C)OC(=O)N1CC[C@@H](C(COC(=O)OCc2ccccc2)NC(=O)OCc2ccccc2)C1. The average molecular weight is 499 g/mol. The van der Waals surface area contributed by atoms with E-state index >= 15 is 0 Å². The number of carbonyl (C=O) groups excluding carboxylic acids is 3. The molecule has 1 saturated heterocycles. The molecule has 2 amide bonds. The third-order valence-corrected chi connectivity index (χ3v) is 5.54. The van der Waals surface area contributed by atoms with Crippen molar-refractivity contribution in [3.63, 3.8) is 0 Å². The van der Waals surface area contributed by atoms with E-state index in [1.54, 1.807) is 25.7 Å². The summed E-state index contributed by atoms with van der Waals surface area (Å²) >= 11 is 0. The Labute approximate surface area is 211 Å². The highest BCUT2D eigenvalue weighted by molar-refractivity contribution is 5.69. The Morgan fingerprint density at radius 1 is 0.917 bits per heavy atom. The Hall–Kier alpha value is -3.75.